The number of alkyl halides is 1. The molecular formula is C14H19BrN2O3S. The number of benzene rings is 1. The molecule has 0 saturated carbocycles. The van der Waals surface area contributed by atoms with Gasteiger partial charge in [-0.1, -0.05) is 33.6 Å². The van der Waals surface area contributed by atoms with Crippen LogP contribution in [-0.2, 0) is 14.8 Å². The SMILES string of the molecule is Cc1ccc(S(=O)(=O)N2CCN(C(=O)C(C)Br)CC2)cc1. The predicted molar refractivity (Wildman–Crippen MR) is 84.9 cm³/mol. The number of nitrogens with zero attached hydrogens (tertiary/aromatic N) is 2. The number of carbonyl (C=O) groups excluding carboxylic acids is 1. The van der Waals surface area contributed by atoms with E-state index in [0.717, 1.165) is 5.56 Å². The third-order valence-corrected chi connectivity index (χ3v) is 5.85. The minimum Gasteiger partial charge on any atom is -0.339 e. The lowest BCUT2D eigenvalue weighted by atomic mass is 10.2. The highest BCUT2D eigenvalue weighted by Crippen LogP contribution is 2.18. The average Bonchev–Trinajstić information content (AvgIpc) is 2.47. The van der Waals surface area contributed by atoms with Crippen LogP contribution in [0.15, 0.2) is 29.2 Å². The molecule has 1 saturated heterocycles. The molecule has 1 aliphatic heterocycles. The summed E-state index contributed by atoms with van der Waals surface area (Å²) in [7, 11) is -3.46. The Labute approximate surface area is 134 Å². The highest BCUT2D eigenvalue weighted by atomic mass is 79.9. The molecule has 7 heteroatoms. The topological polar surface area (TPSA) is 57.7 Å². The molecule has 1 fully saturated rings. The van der Waals surface area contributed by atoms with E-state index in [0.29, 0.717) is 31.1 Å². The van der Waals surface area contributed by atoms with Gasteiger partial charge in [0.2, 0.25) is 15.9 Å². The number of hydrogen-bond donors (Lipinski definition) is 0. The number of hydrogen-bond acceptors (Lipinski definition) is 3. The molecule has 1 aromatic rings. The second kappa shape index (κ2) is 6.46. The first-order valence-electron chi connectivity index (χ1n) is 6.82. The van der Waals surface area contributed by atoms with Crippen LogP contribution in [0.2, 0.25) is 0 Å². The van der Waals surface area contributed by atoms with Crippen molar-refractivity contribution in [3.05, 3.63) is 29.8 Å². The highest BCUT2D eigenvalue weighted by molar-refractivity contribution is 9.10. The fourth-order valence-electron chi connectivity index (χ4n) is 2.26. The Morgan fingerprint density at radius 1 is 1.14 bits per heavy atom. The van der Waals surface area contributed by atoms with Crippen LogP contribution >= 0.6 is 15.9 Å². The standard InChI is InChI=1S/C14H19BrN2O3S/c1-11-3-5-13(6-4-11)21(19,20)17-9-7-16(8-10-17)14(18)12(2)15/h3-6,12H,7-10H2,1-2H3. The fraction of sp³-hybridized carbons (Fsp3) is 0.500. The average molecular weight is 375 g/mol. The van der Waals surface area contributed by atoms with E-state index in [9.17, 15) is 13.2 Å². The van der Waals surface area contributed by atoms with Gasteiger partial charge < -0.3 is 4.90 Å². The van der Waals surface area contributed by atoms with Crippen molar-refractivity contribution in [3.63, 3.8) is 0 Å². The van der Waals surface area contributed by atoms with Gasteiger partial charge in [0.15, 0.2) is 0 Å². The first-order valence-corrected chi connectivity index (χ1v) is 9.17. The van der Waals surface area contributed by atoms with Gasteiger partial charge in [-0.15, -0.1) is 0 Å². The van der Waals surface area contributed by atoms with Crippen LogP contribution in [0.3, 0.4) is 0 Å². The zero-order chi connectivity index (χ0) is 15.6. The maximum atomic E-state index is 12.5. The van der Waals surface area contributed by atoms with Crippen LogP contribution in [0.25, 0.3) is 0 Å². The van der Waals surface area contributed by atoms with Crippen molar-refractivity contribution in [1.29, 1.82) is 0 Å². The van der Waals surface area contributed by atoms with E-state index in [1.165, 1.54) is 4.31 Å². The number of amides is 1. The first kappa shape index (κ1) is 16.5. The number of rotatable bonds is 3. The molecule has 5 nitrogen and oxygen atoms in total. The number of sulfonamides is 1. The summed E-state index contributed by atoms with van der Waals surface area (Å²) in [6.45, 7) is 5.23. The van der Waals surface area contributed by atoms with Gasteiger partial charge in [-0.25, -0.2) is 8.42 Å². The number of carbonyl (C=O) groups is 1. The van der Waals surface area contributed by atoms with Crippen LogP contribution in [0.4, 0.5) is 0 Å². The first-order chi connectivity index (χ1) is 9.82. The van der Waals surface area contributed by atoms with E-state index < -0.39 is 10.0 Å². The molecule has 1 amide bonds. The lowest BCUT2D eigenvalue weighted by Crippen LogP contribution is -2.51. The fourth-order valence-corrected chi connectivity index (χ4v) is 3.97. The molecule has 0 aromatic heterocycles. The van der Waals surface area contributed by atoms with Gasteiger partial charge in [-0.3, -0.25) is 4.79 Å². The number of aryl methyl sites for hydroxylation is 1. The molecule has 1 heterocycles. The molecule has 0 radical (unpaired) electrons. The van der Waals surface area contributed by atoms with E-state index in [-0.39, 0.29) is 10.7 Å². The van der Waals surface area contributed by atoms with Crippen molar-refractivity contribution in [2.45, 2.75) is 23.6 Å². The molecule has 0 spiro atoms. The van der Waals surface area contributed by atoms with E-state index in [2.05, 4.69) is 15.9 Å². The molecule has 0 bridgehead atoms. The van der Waals surface area contributed by atoms with Crippen LogP contribution in [0, 0.1) is 6.92 Å². The van der Waals surface area contributed by atoms with Crippen molar-refractivity contribution in [3.8, 4) is 0 Å². The Hall–Kier alpha value is -0.920. The monoisotopic (exact) mass is 374 g/mol. The molecule has 0 N–H and O–H groups in total. The minimum absolute atomic E-state index is 0.00221. The Kier molecular flexibility index (Phi) is 5.06. The Balaban J connectivity index is 2.07. The number of piperazine rings is 1. The van der Waals surface area contributed by atoms with Gasteiger partial charge in [0.05, 0.1) is 9.72 Å². The van der Waals surface area contributed by atoms with Gasteiger partial charge in [-0.05, 0) is 26.0 Å². The van der Waals surface area contributed by atoms with Crippen molar-refractivity contribution < 1.29 is 13.2 Å². The molecule has 1 atom stereocenters. The third-order valence-electron chi connectivity index (χ3n) is 3.55. The lowest BCUT2D eigenvalue weighted by Gasteiger charge is -2.34. The summed E-state index contributed by atoms with van der Waals surface area (Å²) in [5.41, 5.74) is 1.02. The Morgan fingerprint density at radius 3 is 2.14 bits per heavy atom. The van der Waals surface area contributed by atoms with Gasteiger partial charge >= 0.3 is 0 Å². The molecular weight excluding hydrogens is 356 g/mol. The third kappa shape index (κ3) is 3.64. The largest absolute Gasteiger partial charge is 0.339 e. The normalized spacial score (nSPS) is 18.5. The molecule has 1 aromatic carbocycles. The maximum absolute atomic E-state index is 12.5. The van der Waals surface area contributed by atoms with Gasteiger partial charge in [0.25, 0.3) is 0 Å². The van der Waals surface area contributed by atoms with E-state index >= 15 is 0 Å². The summed E-state index contributed by atoms with van der Waals surface area (Å²) in [4.78, 5) is 13.6. The van der Waals surface area contributed by atoms with Crippen molar-refractivity contribution >= 4 is 31.9 Å². The minimum atomic E-state index is -3.46. The molecule has 1 aliphatic rings. The molecule has 1 unspecified atom stereocenters. The summed E-state index contributed by atoms with van der Waals surface area (Å²) >= 11 is 3.25. The second-order valence-electron chi connectivity index (χ2n) is 5.16. The highest BCUT2D eigenvalue weighted by Gasteiger charge is 2.30. The zero-order valence-electron chi connectivity index (χ0n) is 12.1. The van der Waals surface area contributed by atoms with Gasteiger partial charge in [0, 0.05) is 26.2 Å². The smallest absolute Gasteiger partial charge is 0.243 e. The molecule has 0 aliphatic carbocycles. The second-order valence-corrected chi connectivity index (χ2v) is 8.47. The molecule has 116 valence electrons. The van der Waals surface area contributed by atoms with E-state index in [1.807, 2.05) is 6.92 Å². The Morgan fingerprint density at radius 2 is 1.67 bits per heavy atom. The summed E-state index contributed by atoms with van der Waals surface area (Å²) in [5, 5.41) is 0. The lowest BCUT2D eigenvalue weighted by molar-refractivity contribution is -0.131. The van der Waals surface area contributed by atoms with Crippen LogP contribution in [-0.4, -0.2) is 54.5 Å². The van der Waals surface area contributed by atoms with Crippen LogP contribution in [0.1, 0.15) is 12.5 Å². The summed E-state index contributed by atoms with van der Waals surface area (Å²) in [5.74, 6) is 0.00221. The maximum Gasteiger partial charge on any atom is 0.243 e. The van der Waals surface area contributed by atoms with Crippen LogP contribution in [0.5, 0.6) is 0 Å². The van der Waals surface area contributed by atoms with Gasteiger partial charge in [-0.2, -0.15) is 4.31 Å². The van der Waals surface area contributed by atoms with E-state index in [1.54, 1.807) is 36.1 Å². The van der Waals surface area contributed by atoms with E-state index in [4.69, 9.17) is 0 Å². The number of halogens is 1. The molecule has 21 heavy (non-hydrogen) atoms. The van der Waals surface area contributed by atoms with Crippen molar-refractivity contribution in [2.24, 2.45) is 0 Å². The predicted octanol–water partition coefficient (Wildman–Crippen LogP) is 1.61. The molecule has 2 rings (SSSR count). The zero-order valence-corrected chi connectivity index (χ0v) is 14.5. The van der Waals surface area contributed by atoms with Crippen molar-refractivity contribution in [2.75, 3.05) is 26.2 Å². The summed E-state index contributed by atoms with van der Waals surface area (Å²) < 4.78 is 26.5. The van der Waals surface area contributed by atoms with Crippen molar-refractivity contribution in [1.82, 2.24) is 9.21 Å². The van der Waals surface area contributed by atoms with Gasteiger partial charge in [0.1, 0.15) is 0 Å². The summed E-state index contributed by atoms with van der Waals surface area (Å²) in [6.07, 6.45) is 0. The van der Waals surface area contributed by atoms with Crippen LogP contribution < -0.4 is 0 Å². The quantitative estimate of drug-likeness (QED) is 0.755. The summed E-state index contributed by atoms with van der Waals surface area (Å²) in [6, 6.07) is 6.84. The Bertz CT molecular complexity index is 606.